The highest BCUT2D eigenvalue weighted by Crippen LogP contribution is 2.20. The number of hydrogen-bond acceptors (Lipinski definition) is 3. The van der Waals surface area contributed by atoms with Gasteiger partial charge < -0.3 is 10.2 Å². The fourth-order valence-electron chi connectivity index (χ4n) is 3.17. The Morgan fingerprint density at radius 3 is 2.36 bits per heavy atom. The molecule has 0 bridgehead atoms. The van der Waals surface area contributed by atoms with E-state index in [1.54, 1.807) is 50.0 Å². The molecule has 0 aliphatic carbocycles. The average molecular weight is 378 g/mol. The summed E-state index contributed by atoms with van der Waals surface area (Å²) in [5.41, 5.74) is 2.32. The Hall–Kier alpha value is -3.61. The molecule has 144 valence electrons. The summed E-state index contributed by atoms with van der Waals surface area (Å²) in [4.78, 5) is 38.7. The standard InChI is InChI=1S/C21H22N4O3/c1-14-19(21(28)25(24(14)4)18-11-6-5-7-12-18)23(3)20(27)16-9-8-10-17(13-16)22-15(2)26/h5-13H,1-4H3,(H,22,26). The Balaban J connectivity index is 2.02. The molecule has 0 saturated carbocycles. The fraction of sp³-hybridized carbons (Fsp3) is 0.190. The average Bonchev–Trinajstić information content (AvgIpc) is 2.89. The van der Waals surface area contributed by atoms with E-state index in [1.807, 2.05) is 30.3 Å². The maximum absolute atomic E-state index is 13.1. The molecular weight excluding hydrogens is 356 g/mol. The summed E-state index contributed by atoms with van der Waals surface area (Å²) in [5.74, 6) is -0.555. The minimum atomic E-state index is -0.335. The maximum atomic E-state index is 13.1. The number of amides is 2. The number of hydrogen-bond donors (Lipinski definition) is 1. The SMILES string of the molecule is CC(=O)Nc1cccc(C(=O)N(C)c2c(C)n(C)n(-c3ccccc3)c2=O)c1. The molecule has 0 radical (unpaired) electrons. The lowest BCUT2D eigenvalue weighted by Gasteiger charge is -2.16. The molecule has 3 aromatic rings. The van der Waals surface area contributed by atoms with Crippen LogP contribution < -0.4 is 15.8 Å². The van der Waals surface area contributed by atoms with Gasteiger partial charge in [-0.3, -0.25) is 19.1 Å². The molecule has 0 aliphatic heterocycles. The van der Waals surface area contributed by atoms with Gasteiger partial charge in [-0.25, -0.2) is 4.68 Å². The molecule has 0 spiro atoms. The number of nitrogens with zero attached hydrogens (tertiary/aromatic N) is 3. The van der Waals surface area contributed by atoms with Crippen molar-refractivity contribution in [1.29, 1.82) is 0 Å². The van der Waals surface area contributed by atoms with Crippen LogP contribution in [0.2, 0.25) is 0 Å². The Morgan fingerprint density at radius 2 is 1.71 bits per heavy atom. The molecule has 3 rings (SSSR count). The number of aromatic nitrogens is 2. The number of carbonyl (C=O) groups excluding carboxylic acids is 2. The van der Waals surface area contributed by atoms with E-state index in [2.05, 4.69) is 5.32 Å². The summed E-state index contributed by atoms with van der Waals surface area (Å²) in [6, 6.07) is 15.9. The topological polar surface area (TPSA) is 76.3 Å². The van der Waals surface area contributed by atoms with Gasteiger partial charge in [0.1, 0.15) is 5.69 Å². The maximum Gasteiger partial charge on any atom is 0.295 e. The first-order valence-corrected chi connectivity index (χ1v) is 8.81. The molecular formula is C21H22N4O3. The fourth-order valence-corrected chi connectivity index (χ4v) is 3.17. The van der Waals surface area contributed by atoms with Crippen LogP contribution in [0.15, 0.2) is 59.4 Å². The van der Waals surface area contributed by atoms with Crippen molar-refractivity contribution in [2.75, 3.05) is 17.3 Å². The monoisotopic (exact) mass is 378 g/mol. The van der Waals surface area contributed by atoms with Crippen LogP contribution in [-0.4, -0.2) is 28.2 Å². The molecule has 0 fully saturated rings. The van der Waals surface area contributed by atoms with E-state index in [4.69, 9.17) is 0 Å². The molecule has 1 aromatic heterocycles. The first kappa shape index (κ1) is 19.2. The lowest BCUT2D eigenvalue weighted by atomic mass is 10.1. The Bertz CT molecular complexity index is 1100. The lowest BCUT2D eigenvalue weighted by Crippen LogP contribution is -2.31. The summed E-state index contributed by atoms with van der Waals surface area (Å²) in [6.45, 7) is 3.20. The molecule has 0 atom stereocenters. The second-order valence-corrected chi connectivity index (χ2v) is 6.54. The van der Waals surface area contributed by atoms with Crippen molar-refractivity contribution >= 4 is 23.2 Å². The van der Waals surface area contributed by atoms with E-state index in [-0.39, 0.29) is 17.4 Å². The van der Waals surface area contributed by atoms with Crippen LogP contribution >= 0.6 is 0 Å². The zero-order chi connectivity index (χ0) is 20.4. The third-order valence-electron chi connectivity index (χ3n) is 4.59. The van der Waals surface area contributed by atoms with Crippen molar-refractivity contribution in [3.63, 3.8) is 0 Å². The summed E-state index contributed by atoms with van der Waals surface area (Å²) in [7, 11) is 3.36. The molecule has 1 N–H and O–H groups in total. The van der Waals surface area contributed by atoms with E-state index in [0.29, 0.717) is 22.6 Å². The van der Waals surface area contributed by atoms with Crippen molar-refractivity contribution in [2.45, 2.75) is 13.8 Å². The predicted octanol–water partition coefficient (Wildman–Crippen LogP) is 2.72. The molecule has 0 aliphatic rings. The highest BCUT2D eigenvalue weighted by Gasteiger charge is 2.24. The van der Waals surface area contributed by atoms with Gasteiger partial charge in [0.05, 0.1) is 11.4 Å². The molecule has 7 heteroatoms. The van der Waals surface area contributed by atoms with Crippen LogP contribution in [0.1, 0.15) is 23.0 Å². The van der Waals surface area contributed by atoms with Crippen molar-refractivity contribution in [2.24, 2.45) is 7.05 Å². The Morgan fingerprint density at radius 1 is 1.04 bits per heavy atom. The number of rotatable bonds is 4. The second-order valence-electron chi connectivity index (χ2n) is 6.54. The largest absolute Gasteiger partial charge is 0.326 e. The van der Waals surface area contributed by atoms with Crippen molar-refractivity contribution in [3.05, 3.63) is 76.2 Å². The van der Waals surface area contributed by atoms with Crippen LogP contribution in [0, 0.1) is 6.92 Å². The minimum absolute atomic E-state index is 0.220. The summed E-state index contributed by atoms with van der Waals surface area (Å²) >= 11 is 0. The predicted molar refractivity (Wildman–Crippen MR) is 109 cm³/mol. The van der Waals surface area contributed by atoms with Gasteiger partial charge in [-0.05, 0) is 37.3 Å². The molecule has 1 heterocycles. The van der Waals surface area contributed by atoms with Gasteiger partial charge in [0, 0.05) is 32.3 Å². The van der Waals surface area contributed by atoms with E-state index >= 15 is 0 Å². The van der Waals surface area contributed by atoms with Gasteiger partial charge in [0.2, 0.25) is 5.91 Å². The van der Waals surface area contributed by atoms with Crippen molar-refractivity contribution < 1.29 is 9.59 Å². The molecule has 2 aromatic carbocycles. The molecule has 2 amide bonds. The van der Waals surface area contributed by atoms with Gasteiger partial charge in [-0.1, -0.05) is 24.3 Å². The zero-order valence-corrected chi connectivity index (χ0v) is 16.3. The van der Waals surface area contributed by atoms with Crippen LogP contribution in [0.5, 0.6) is 0 Å². The second kappa shape index (κ2) is 7.56. The number of para-hydroxylation sites is 1. The molecule has 7 nitrogen and oxygen atoms in total. The lowest BCUT2D eigenvalue weighted by molar-refractivity contribution is -0.114. The summed E-state index contributed by atoms with van der Waals surface area (Å²) in [5, 5.41) is 2.66. The number of nitrogens with one attached hydrogen (secondary N) is 1. The van der Waals surface area contributed by atoms with E-state index in [1.165, 1.54) is 16.5 Å². The van der Waals surface area contributed by atoms with E-state index < -0.39 is 0 Å². The summed E-state index contributed by atoms with van der Waals surface area (Å²) in [6.07, 6.45) is 0. The highest BCUT2D eigenvalue weighted by molar-refractivity contribution is 6.06. The smallest absolute Gasteiger partial charge is 0.295 e. The highest BCUT2D eigenvalue weighted by atomic mass is 16.2. The van der Waals surface area contributed by atoms with Crippen LogP contribution in [0.4, 0.5) is 11.4 Å². The van der Waals surface area contributed by atoms with Crippen molar-refractivity contribution in [3.8, 4) is 5.69 Å². The normalized spacial score (nSPS) is 10.6. The van der Waals surface area contributed by atoms with Gasteiger partial charge in [0.15, 0.2) is 0 Å². The van der Waals surface area contributed by atoms with Gasteiger partial charge in [-0.2, -0.15) is 0 Å². The minimum Gasteiger partial charge on any atom is -0.326 e. The molecule has 28 heavy (non-hydrogen) atoms. The van der Waals surface area contributed by atoms with Gasteiger partial charge in [0.25, 0.3) is 11.5 Å². The molecule has 0 saturated heterocycles. The quantitative estimate of drug-likeness (QED) is 0.758. The van der Waals surface area contributed by atoms with Crippen LogP contribution in [0.25, 0.3) is 5.69 Å². The third-order valence-corrected chi connectivity index (χ3v) is 4.59. The Labute approximate surface area is 162 Å². The number of benzene rings is 2. The molecule has 0 unspecified atom stereocenters. The van der Waals surface area contributed by atoms with Crippen LogP contribution in [0.3, 0.4) is 0 Å². The van der Waals surface area contributed by atoms with Crippen molar-refractivity contribution in [1.82, 2.24) is 9.36 Å². The number of anilines is 2. The van der Waals surface area contributed by atoms with E-state index in [9.17, 15) is 14.4 Å². The van der Waals surface area contributed by atoms with Crippen LogP contribution in [-0.2, 0) is 11.8 Å². The Kier molecular flexibility index (Phi) is 5.17. The number of carbonyl (C=O) groups is 2. The van der Waals surface area contributed by atoms with Gasteiger partial charge in [-0.15, -0.1) is 0 Å². The first-order chi connectivity index (χ1) is 13.3. The first-order valence-electron chi connectivity index (χ1n) is 8.81. The third kappa shape index (κ3) is 3.46. The summed E-state index contributed by atoms with van der Waals surface area (Å²) < 4.78 is 3.26. The van der Waals surface area contributed by atoms with E-state index in [0.717, 1.165) is 5.69 Å². The zero-order valence-electron chi connectivity index (χ0n) is 16.3. The van der Waals surface area contributed by atoms with Gasteiger partial charge >= 0.3 is 0 Å².